The summed E-state index contributed by atoms with van der Waals surface area (Å²) in [5.74, 6) is 2.49. The number of unbranched alkanes of at least 4 members (excludes halogenated alkanes) is 2. The molecular weight excluding hydrogens is 276 g/mol. The third kappa shape index (κ3) is 4.30. The van der Waals surface area contributed by atoms with Gasteiger partial charge in [0, 0.05) is 0 Å². The van der Waals surface area contributed by atoms with Crippen molar-refractivity contribution in [2.24, 2.45) is 0 Å². The first-order chi connectivity index (χ1) is 10.8. The monoisotopic (exact) mass is 302 g/mol. The molecule has 0 atom stereocenters. The second kappa shape index (κ2) is 8.52. The summed E-state index contributed by atoms with van der Waals surface area (Å²) in [5, 5.41) is 2.24. The first-order valence-corrected chi connectivity index (χ1v) is 8.15. The molecule has 3 heteroatoms. The molecule has 0 heterocycles. The molecule has 0 N–H and O–H groups in total. The van der Waals surface area contributed by atoms with Crippen LogP contribution in [-0.2, 0) is 0 Å². The van der Waals surface area contributed by atoms with Gasteiger partial charge in [0.2, 0.25) is 0 Å². The molecule has 0 bridgehead atoms. The Kier molecular flexibility index (Phi) is 6.38. The molecule has 0 saturated heterocycles. The Bertz CT molecular complexity index is 592. The van der Waals surface area contributed by atoms with Crippen LogP contribution in [0.15, 0.2) is 30.3 Å². The van der Waals surface area contributed by atoms with Crippen molar-refractivity contribution in [2.45, 2.75) is 39.5 Å². The maximum absolute atomic E-state index is 5.85. The fraction of sp³-hybridized carbons (Fsp3) is 0.474. The van der Waals surface area contributed by atoms with E-state index in [-0.39, 0.29) is 0 Å². The Morgan fingerprint density at radius 2 is 1.45 bits per heavy atom. The van der Waals surface area contributed by atoms with Crippen LogP contribution in [0, 0.1) is 0 Å². The topological polar surface area (TPSA) is 27.7 Å². The Morgan fingerprint density at radius 3 is 2.14 bits per heavy atom. The van der Waals surface area contributed by atoms with Gasteiger partial charge in [-0.05, 0) is 47.9 Å². The van der Waals surface area contributed by atoms with Gasteiger partial charge < -0.3 is 14.2 Å². The van der Waals surface area contributed by atoms with Crippen LogP contribution >= 0.6 is 0 Å². The molecule has 0 amide bonds. The van der Waals surface area contributed by atoms with Crippen molar-refractivity contribution in [2.75, 3.05) is 20.3 Å². The normalized spacial score (nSPS) is 10.7. The van der Waals surface area contributed by atoms with Gasteiger partial charge >= 0.3 is 0 Å². The number of hydrogen-bond acceptors (Lipinski definition) is 3. The van der Waals surface area contributed by atoms with E-state index in [0.717, 1.165) is 60.3 Å². The van der Waals surface area contributed by atoms with Crippen molar-refractivity contribution in [3.05, 3.63) is 30.3 Å². The highest BCUT2D eigenvalue weighted by Gasteiger charge is 2.08. The zero-order valence-electron chi connectivity index (χ0n) is 13.9. The van der Waals surface area contributed by atoms with E-state index in [1.54, 1.807) is 7.11 Å². The largest absolute Gasteiger partial charge is 0.494 e. The van der Waals surface area contributed by atoms with Gasteiger partial charge in [-0.15, -0.1) is 0 Å². The van der Waals surface area contributed by atoms with Gasteiger partial charge in [-0.2, -0.15) is 0 Å². The lowest BCUT2D eigenvalue weighted by Crippen LogP contribution is -1.99. The zero-order chi connectivity index (χ0) is 15.8. The lowest BCUT2D eigenvalue weighted by molar-refractivity contribution is 0.289. The first-order valence-electron chi connectivity index (χ1n) is 8.15. The molecule has 0 aliphatic heterocycles. The lowest BCUT2D eigenvalue weighted by Gasteiger charge is -2.13. The number of hydrogen-bond donors (Lipinski definition) is 0. The molecule has 0 aromatic heterocycles. The summed E-state index contributed by atoms with van der Waals surface area (Å²) >= 11 is 0. The molecule has 120 valence electrons. The Balaban J connectivity index is 2.22. The highest BCUT2D eigenvalue weighted by molar-refractivity contribution is 5.87. The first kappa shape index (κ1) is 16.5. The third-order valence-electron chi connectivity index (χ3n) is 3.62. The maximum atomic E-state index is 5.85. The molecule has 2 aromatic carbocycles. The Labute approximate surface area is 133 Å². The number of benzene rings is 2. The van der Waals surface area contributed by atoms with Crippen LogP contribution in [0.1, 0.15) is 39.5 Å². The highest BCUT2D eigenvalue weighted by Crippen LogP contribution is 2.34. The molecule has 0 spiro atoms. The molecule has 0 radical (unpaired) electrons. The number of rotatable bonds is 9. The minimum Gasteiger partial charge on any atom is -0.494 e. The summed E-state index contributed by atoms with van der Waals surface area (Å²) in [6.45, 7) is 5.79. The molecule has 2 aromatic rings. The molecule has 0 aliphatic carbocycles. The standard InChI is InChI=1S/C19H26O3/c1-4-6-10-21-17-9-8-15-13-18(20-3)19(14-16(15)12-17)22-11-7-5-2/h8-9,12-14H,4-7,10-11H2,1-3H3. The smallest absolute Gasteiger partial charge is 0.161 e. The Morgan fingerprint density at radius 1 is 0.773 bits per heavy atom. The van der Waals surface area contributed by atoms with Crippen molar-refractivity contribution in [3.63, 3.8) is 0 Å². The molecule has 22 heavy (non-hydrogen) atoms. The van der Waals surface area contributed by atoms with Gasteiger partial charge in [-0.1, -0.05) is 32.8 Å². The number of ether oxygens (including phenoxy) is 3. The second-order valence-electron chi connectivity index (χ2n) is 5.42. The predicted octanol–water partition coefficient (Wildman–Crippen LogP) is 5.21. The van der Waals surface area contributed by atoms with Crippen LogP contribution in [0.5, 0.6) is 17.2 Å². The van der Waals surface area contributed by atoms with E-state index < -0.39 is 0 Å². The number of methoxy groups -OCH3 is 1. The molecule has 2 rings (SSSR count). The van der Waals surface area contributed by atoms with E-state index in [1.807, 2.05) is 18.2 Å². The van der Waals surface area contributed by atoms with Crippen molar-refractivity contribution >= 4 is 10.8 Å². The molecule has 0 unspecified atom stereocenters. The lowest BCUT2D eigenvalue weighted by atomic mass is 10.1. The van der Waals surface area contributed by atoms with Crippen molar-refractivity contribution in [1.82, 2.24) is 0 Å². The SMILES string of the molecule is CCCCOc1ccc2cc(OC)c(OCCCC)cc2c1. The Hall–Kier alpha value is -1.90. The second-order valence-corrected chi connectivity index (χ2v) is 5.42. The van der Waals surface area contributed by atoms with Gasteiger partial charge in [0.05, 0.1) is 20.3 Å². The van der Waals surface area contributed by atoms with Gasteiger partial charge in [-0.25, -0.2) is 0 Å². The highest BCUT2D eigenvalue weighted by atomic mass is 16.5. The maximum Gasteiger partial charge on any atom is 0.161 e. The molecule has 0 fully saturated rings. The van der Waals surface area contributed by atoms with E-state index in [2.05, 4.69) is 26.0 Å². The van der Waals surface area contributed by atoms with Gasteiger partial charge in [-0.3, -0.25) is 0 Å². The van der Waals surface area contributed by atoms with Crippen LogP contribution in [0.3, 0.4) is 0 Å². The summed E-state index contributed by atoms with van der Waals surface area (Å²) in [6, 6.07) is 10.2. The molecular formula is C19H26O3. The molecule has 0 aliphatic rings. The fourth-order valence-electron chi connectivity index (χ4n) is 2.26. The summed E-state index contributed by atoms with van der Waals surface area (Å²) in [6.07, 6.45) is 4.37. The molecule has 0 saturated carbocycles. The van der Waals surface area contributed by atoms with Crippen LogP contribution in [0.2, 0.25) is 0 Å². The summed E-state index contributed by atoms with van der Waals surface area (Å²) in [4.78, 5) is 0. The summed E-state index contributed by atoms with van der Waals surface area (Å²) in [7, 11) is 1.68. The minimum absolute atomic E-state index is 0.713. The van der Waals surface area contributed by atoms with E-state index in [9.17, 15) is 0 Å². The van der Waals surface area contributed by atoms with Crippen molar-refractivity contribution in [3.8, 4) is 17.2 Å². The number of fused-ring (bicyclic) bond motifs is 1. The van der Waals surface area contributed by atoms with Crippen molar-refractivity contribution in [1.29, 1.82) is 0 Å². The van der Waals surface area contributed by atoms with E-state index in [1.165, 1.54) is 0 Å². The molecule has 3 nitrogen and oxygen atoms in total. The van der Waals surface area contributed by atoms with Gasteiger partial charge in [0.1, 0.15) is 5.75 Å². The summed E-state index contributed by atoms with van der Waals surface area (Å²) in [5.41, 5.74) is 0. The van der Waals surface area contributed by atoms with E-state index in [4.69, 9.17) is 14.2 Å². The fourth-order valence-corrected chi connectivity index (χ4v) is 2.26. The third-order valence-corrected chi connectivity index (χ3v) is 3.62. The quantitative estimate of drug-likeness (QED) is 0.595. The average Bonchev–Trinajstić information content (AvgIpc) is 2.54. The van der Waals surface area contributed by atoms with Crippen LogP contribution in [0.25, 0.3) is 10.8 Å². The minimum atomic E-state index is 0.713. The van der Waals surface area contributed by atoms with Crippen LogP contribution in [-0.4, -0.2) is 20.3 Å². The average molecular weight is 302 g/mol. The predicted molar refractivity (Wildman–Crippen MR) is 91.3 cm³/mol. The van der Waals surface area contributed by atoms with Crippen molar-refractivity contribution < 1.29 is 14.2 Å². The zero-order valence-corrected chi connectivity index (χ0v) is 13.9. The van der Waals surface area contributed by atoms with Crippen LogP contribution < -0.4 is 14.2 Å². The van der Waals surface area contributed by atoms with Crippen LogP contribution in [0.4, 0.5) is 0 Å². The van der Waals surface area contributed by atoms with Gasteiger partial charge in [0.25, 0.3) is 0 Å². The van der Waals surface area contributed by atoms with Gasteiger partial charge in [0.15, 0.2) is 11.5 Å². The van der Waals surface area contributed by atoms with E-state index >= 15 is 0 Å². The summed E-state index contributed by atoms with van der Waals surface area (Å²) < 4.78 is 17.1. The van der Waals surface area contributed by atoms with E-state index in [0.29, 0.717) is 6.61 Å².